The lowest BCUT2D eigenvalue weighted by Gasteiger charge is -2.39. The Morgan fingerprint density at radius 1 is 0.720 bits per heavy atom. The van der Waals surface area contributed by atoms with Crippen LogP contribution in [0, 0.1) is 0 Å². The Bertz CT molecular complexity index is 629. The molecule has 1 N–H and O–H groups in total. The maximum atomic E-state index is 13.7. The van der Waals surface area contributed by atoms with Crippen LogP contribution in [0.1, 0.15) is 15.9 Å². The van der Waals surface area contributed by atoms with E-state index in [1.807, 2.05) is 0 Å². The first kappa shape index (κ1) is 21.0. The number of hydrogen-bond acceptors (Lipinski definition) is 1. The van der Waals surface area contributed by atoms with Gasteiger partial charge in [-0.05, 0) is 12.1 Å². The van der Waals surface area contributed by atoms with Crippen LogP contribution in [0.15, 0.2) is 24.3 Å². The molecular weight excluding hydrogens is 385 g/mol. The molecular formula is C12H5F11O2. The summed E-state index contributed by atoms with van der Waals surface area (Å²) in [7, 11) is 0. The van der Waals surface area contributed by atoms with E-state index in [0.29, 0.717) is 0 Å². The Hall–Kier alpha value is -2.08. The molecule has 0 unspecified atom stereocenters. The first-order valence-electron chi connectivity index (χ1n) is 5.83. The van der Waals surface area contributed by atoms with E-state index in [1.54, 1.807) is 0 Å². The van der Waals surface area contributed by atoms with E-state index in [1.165, 1.54) is 0 Å². The quantitative estimate of drug-likeness (QED) is 0.740. The minimum absolute atomic E-state index is 0.148. The van der Waals surface area contributed by atoms with E-state index in [-0.39, 0.29) is 24.3 Å². The molecule has 1 aromatic rings. The number of carboxylic acids is 1. The van der Waals surface area contributed by atoms with Gasteiger partial charge in [0.25, 0.3) is 0 Å². The molecule has 2 nitrogen and oxygen atoms in total. The number of alkyl halides is 11. The second-order valence-corrected chi connectivity index (χ2v) is 4.69. The summed E-state index contributed by atoms with van der Waals surface area (Å²) in [5.41, 5.74) is -10.5. The zero-order valence-corrected chi connectivity index (χ0v) is 11.3. The molecule has 1 aromatic carbocycles. The molecule has 0 radical (unpaired) electrons. The molecule has 0 amide bonds. The fourth-order valence-electron chi connectivity index (χ4n) is 1.74. The Labute approximate surface area is 130 Å². The Morgan fingerprint density at radius 3 is 1.36 bits per heavy atom. The van der Waals surface area contributed by atoms with Crippen molar-refractivity contribution in [2.75, 3.05) is 0 Å². The third-order valence-corrected chi connectivity index (χ3v) is 3.10. The van der Waals surface area contributed by atoms with Crippen molar-refractivity contribution in [1.29, 1.82) is 0 Å². The monoisotopic (exact) mass is 390 g/mol. The average Bonchev–Trinajstić information content (AvgIpc) is 2.43. The fraction of sp³-hybridized carbons (Fsp3) is 0.417. The Morgan fingerprint density at radius 2 is 1.08 bits per heavy atom. The van der Waals surface area contributed by atoms with Gasteiger partial charge in [0.15, 0.2) is 0 Å². The second-order valence-electron chi connectivity index (χ2n) is 4.69. The van der Waals surface area contributed by atoms with Crippen molar-refractivity contribution in [1.82, 2.24) is 0 Å². The molecule has 0 aromatic heterocycles. The molecule has 142 valence electrons. The minimum Gasteiger partial charge on any atom is -0.478 e. The van der Waals surface area contributed by atoms with Gasteiger partial charge >= 0.3 is 35.8 Å². The summed E-state index contributed by atoms with van der Waals surface area (Å²) in [6.45, 7) is 0. The van der Waals surface area contributed by atoms with Crippen molar-refractivity contribution in [2.24, 2.45) is 0 Å². The summed E-state index contributed by atoms with van der Waals surface area (Å²) in [5.74, 6) is -15.3. The van der Waals surface area contributed by atoms with E-state index in [0.717, 1.165) is 0 Å². The van der Waals surface area contributed by atoms with Crippen molar-refractivity contribution in [2.45, 2.75) is 29.9 Å². The smallest absolute Gasteiger partial charge is 0.438 e. The van der Waals surface area contributed by atoms with E-state index < -0.39 is 47.0 Å². The molecule has 13 heteroatoms. The van der Waals surface area contributed by atoms with Crippen LogP contribution in [0.4, 0.5) is 48.3 Å². The maximum absolute atomic E-state index is 13.7. The van der Waals surface area contributed by atoms with Gasteiger partial charge in [-0.3, -0.25) is 0 Å². The van der Waals surface area contributed by atoms with Gasteiger partial charge in [0.2, 0.25) is 0 Å². The normalized spacial score (nSPS) is 14.5. The van der Waals surface area contributed by atoms with Crippen molar-refractivity contribution in [3.63, 3.8) is 0 Å². The van der Waals surface area contributed by atoms with Crippen LogP contribution in [-0.2, 0) is 5.92 Å². The number of rotatable bonds is 4. The number of carboxylic acid groups (broad SMARTS) is 1. The predicted molar refractivity (Wildman–Crippen MR) is 58.2 cm³/mol. The lowest BCUT2D eigenvalue weighted by Crippen LogP contribution is -2.69. The predicted octanol–water partition coefficient (Wildman–Crippen LogP) is 4.94. The number of carbonyl (C=O) groups is 1. The summed E-state index contributed by atoms with van der Waals surface area (Å²) in [6, 6.07) is 0.153. The number of halogens is 11. The van der Waals surface area contributed by atoms with Gasteiger partial charge in [0.1, 0.15) is 0 Å². The summed E-state index contributed by atoms with van der Waals surface area (Å²) >= 11 is 0. The molecule has 25 heavy (non-hydrogen) atoms. The van der Waals surface area contributed by atoms with Gasteiger partial charge < -0.3 is 5.11 Å². The number of hydrogen-bond donors (Lipinski definition) is 1. The van der Waals surface area contributed by atoms with Gasteiger partial charge in [0.05, 0.1) is 5.56 Å². The molecule has 0 aliphatic rings. The first-order valence-corrected chi connectivity index (χ1v) is 5.83. The lowest BCUT2D eigenvalue weighted by molar-refractivity contribution is -0.429. The highest BCUT2D eigenvalue weighted by atomic mass is 19.4. The maximum Gasteiger partial charge on any atom is 0.438 e. The topological polar surface area (TPSA) is 37.3 Å². The van der Waals surface area contributed by atoms with Gasteiger partial charge in [-0.1, -0.05) is 12.1 Å². The zero-order valence-electron chi connectivity index (χ0n) is 11.3. The molecule has 0 bridgehead atoms. The lowest BCUT2D eigenvalue weighted by atomic mass is 9.87. The van der Waals surface area contributed by atoms with E-state index in [9.17, 15) is 53.1 Å². The average molecular weight is 390 g/mol. The first-order chi connectivity index (χ1) is 10.9. The standard InChI is InChI=1S/C12H5F11O2/c13-8(14,6-3-1-5(2-4-6)7(24)25)10(16,17)9(15,11(18,19)20)12(21,22)23/h1-4H,(H,24,25). The SMILES string of the molecule is O=C(O)c1ccc(C(F)(F)C(F)(F)C(F)(C(F)(F)F)C(F)(F)F)cc1. The Balaban J connectivity index is 3.58. The van der Waals surface area contributed by atoms with Gasteiger partial charge in [0, 0.05) is 5.56 Å². The van der Waals surface area contributed by atoms with Crippen LogP contribution in [0.2, 0.25) is 0 Å². The molecule has 0 saturated heterocycles. The summed E-state index contributed by atoms with van der Waals surface area (Å²) in [6.07, 6.45) is -14.8. The summed E-state index contributed by atoms with van der Waals surface area (Å²) in [4.78, 5) is 10.5. The molecule has 0 spiro atoms. The van der Waals surface area contributed by atoms with Crippen LogP contribution in [0.5, 0.6) is 0 Å². The molecule has 0 aliphatic carbocycles. The van der Waals surface area contributed by atoms with Crippen LogP contribution < -0.4 is 0 Å². The van der Waals surface area contributed by atoms with Crippen LogP contribution in [-0.4, -0.2) is 35.0 Å². The van der Waals surface area contributed by atoms with E-state index >= 15 is 0 Å². The van der Waals surface area contributed by atoms with E-state index in [4.69, 9.17) is 5.11 Å². The van der Waals surface area contributed by atoms with Crippen molar-refractivity contribution >= 4 is 5.97 Å². The van der Waals surface area contributed by atoms with Gasteiger partial charge in [-0.2, -0.15) is 43.9 Å². The van der Waals surface area contributed by atoms with Crippen LogP contribution in [0.25, 0.3) is 0 Å². The molecule has 0 aliphatic heterocycles. The van der Waals surface area contributed by atoms with Crippen molar-refractivity contribution in [3.05, 3.63) is 35.4 Å². The van der Waals surface area contributed by atoms with Crippen molar-refractivity contribution < 1.29 is 58.2 Å². The Kier molecular flexibility index (Phi) is 4.80. The molecule has 1 rings (SSSR count). The summed E-state index contributed by atoms with van der Waals surface area (Å²) in [5, 5.41) is 8.49. The fourth-order valence-corrected chi connectivity index (χ4v) is 1.74. The van der Waals surface area contributed by atoms with Crippen LogP contribution >= 0.6 is 0 Å². The summed E-state index contributed by atoms with van der Waals surface area (Å²) < 4.78 is 142. The molecule has 0 heterocycles. The third kappa shape index (κ3) is 2.99. The highest BCUT2D eigenvalue weighted by Gasteiger charge is 2.90. The van der Waals surface area contributed by atoms with E-state index in [2.05, 4.69) is 0 Å². The number of benzene rings is 1. The molecule has 0 atom stereocenters. The highest BCUT2D eigenvalue weighted by Crippen LogP contribution is 2.61. The van der Waals surface area contributed by atoms with Crippen LogP contribution in [0.3, 0.4) is 0 Å². The van der Waals surface area contributed by atoms with Gasteiger partial charge in [-0.25, -0.2) is 9.18 Å². The number of aromatic carboxylic acids is 1. The highest BCUT2D eigenvalue weighted by molar-refractivity contribution is 5.87. The largest absolute Gasteiger partial charge is 0.478 e. The van der Waals surface area contributed by atoms with Crippen molar-refractivity contribution in [3.8, 4) is 0 Å². The molecule has 0 fully saturated rings. The van der Waals surface area contributed by atoms with Gasteiger partial charge in [-0.15, -0.1) is 0 Å². The minimum atomic E-state index is -7.55. The molecule has 0 saturated carbocycles. The zero-order chi connectivity index (χ0) is 20.1. The third-order valence-electron chi connectivity index (χ3n) is 3.10. The second kappa shape index (κ2) is 5.73.